The van der Waals surface area contributed by atoms with Crippen LogP contribution in [0.4, 0.5) is 0 Å². The highest BCUT2D eigenvalue weighted by Gasteiger charge is 2.38. The molecule has 0 bridgehead atoms. The van der Waals surface area contributed by atoms with Gasteiger partial charge in [0.25, 0.3) is 0 Å². The number of fused-ring (bicyclic) bond motifs is 1. The average molecular weight is 386 g/mol. The first-order valence-electron chi connectivity index (χ1n) is 9.09. The van der Waals surface area contributed by atoms with Gasteiger partial charge in [-0.2, -0.15) is 11.3 Å². The summed E-state index contributed by atoms with van der Waals surface area (Å²) >= 11 is 1.62. The van der Waals surface area contributed by atoms with Crippen molar-refractivity contribution in [3.63, 3.8) is 0 Å². The predicted octanol–water partition coefficient (Wildman–Crippen LogP) is 2.76. The van der Waals surface area contributed by atoms with Crippen LogP contribution in [-0.2, 0) is 22.6 Å². The molecular weight excluding hydrogens is 364 g/mol. The van der Waals surface area contributed by atoms with Crippen LogP contribution in [0.25, 0.3) is 0 Å². The van der Waals surface area contributed by atoms with Gasteiger partial charge < -0.3 is 20.1 Å². The third-order valence-corrected chi connectivity index (χ3v) is 5.85. The third-order valence-electron chi connectivity index (χ3n) is 5.12. The van der Waals surface area contributed by atoms with Crippen LogP contribution in [0.2, 0.25) is 0 Å². The maximum absolute atomic E-state index is 12.3. The number of thiophene rings is 1. The molecule has 0 aliphatic carbocycles. The number of amides is 2. The van der Waals surface area contributed by atoms with E-state index in [0.29, 0.717) is 32.2 Å². The van der Waals surface area contributed by atoms with Crippen molar-refractivity contribution < 1.29 is 19.1 Å². The number of hydrogen-bond acceptors (Lipinski definition) is 5. The molecule has 0 unspecified atom stereocenters. The first kappa shape index (κ1) is 17.9. The van der Waals surface area contributed by atoms with E-state index in [1.807, 2.05) is 35.0 Å². The topological polar surface area (TPSA) is 76.7 Å². The van der Waals surface area contributed by atoms with Gasteiger partial charge in [0, 0.05) is 24.9 Å². The Bertz CT molecular complexity index is 837. The van der Waals surface area contributed by atoms with Crippen LogP contribution in [0.5, 0.6) is 11.5 Å². The van der Waals surface area contributed by atoms with E-state index in [1.165, 1.54) is 0 Å². The van der Waals surface area contributed by atoms with Gasteiger partial charge >= 0.3 is 0 Å². The average Bonchev–Trinajstić information content (AvgIpc) is 3.40. The fourth-order valence-corrected chi connectivity index (χ4v) is 4.33. The van der Waals surface area contributed by atoms with Crippen molar-refractivity contribution in [1.82, 2.24) is 10.6 Å². The predicted molar refractivity (Wildman–Crippen MR) is 102 cm³/mol. The van der Waals surface area contributed by atoms with E-state index >= 15 is 0 Å². The fraction of sp³-hybridized carbons (Fsp3) is 0.400. The minimum Gasteiger partial charge on any atom is -0.454 e. The number of carbonyl (C=O) groups is 2. The Kier molecular flexibility index (Phi) is 5.03. The maximum atomic E-state index is 12.3. The Balaban J connectivity index is 1.38. The lowest BCUT2D eigenvalue weighted by Gasteiger charge is -2.29. The molecule has 0 spiro atoms. The van der Waals surface area contributed by atoms with E-state index in [2.05, 4.69) is 10.6 Å². The molecule has 7 heteroatoms. The number of rotatable bonds is 7. The fourth-order valence-electron chi connectivity index (χ4n) is 3.66. The van der Waals surface area contributed by atoms with Crippen molar-refractivity contribution in [1.29, 1.82) is 0 Å². The van der Waals surface area contributed by atoms with E-state index in [1.54, 1.807) is 11.3 Å². The Morgan fingerprint density at radius 3 is 2.89 bits per heavy atom. The lowest BCUT2D eigenvalue weighted by Crippen LogP contribution is -2.44. The van der Waals surface area contributed by atoms with E-state index in [9.17, 15) is 9.59 Å². The summed E-state index contributed by atoms with van der Waals surface area (Å²) < 4.78 is 10.8. The minimum absolute atomic E-state index is 0.00686. The molecule has 1 fully saturated rings. The van der Waals surface area contributed by atoms with E-state index in [-0.39, 0.29) is 24.1 Å². The molecule has 2 aliphatic heterocycles. The number of nitrogens with one attached hydrogen (secondary N) is 2. The maximum Gasteiger partial charge on any atom is 0.231 e. The highest BCUT2D eigenvalue weighted by atomic mass is 32.1. The van der Waals surface area contributed by atoms with Crippen molar-refractivity contribution in [2.75, 3.05) is 6.79 Å². The molecule has 27 heavy (non-hydrogen) atoms. The lowest BCUT2D eigenvalue weighted by molar-refractivity contribution is -0.122. The highest BCUT2D eigenvalue weighted by molar-refractivity contribution is 7.07. The molecular formula is C20H22N2O4S. The van der Waals surface area contributed by atoms with Gasteiger partial charge in [0.2, 0.25) is 18.6 Å². The molecule has 2 aromatic rings. The molecule has 3 heterocycles. The van der Waals surface area contributed by atoms with E-state index in [0.717, 1.165) is 29.0 Å². The summed E-state index contributed by atoms with van der Waals surface area (Å²) in [5.41, 5.74) is 1.79. The summed E-state index contributed by atoms with van der Waals surface area (Å²) in [7, 11) is 0. The number of carbonyl (C=O) groups excluding carboxylic acids is 2. The molecule has 2 N–H and O–H groups in total. The standard InChI is InChI=1S/C20H22N2O4S/c23-18(21-11-15-5-8-27-12-15)3-6-20(7-4-19(24)22-20)10-14-1-2-16-17(9-14)26-13-25-16/h1-2,5,8-9,12H,3-4,6-7,10-11,13H2,(H,21,23)(H,22,24)/t20-/m1/s1. The van der Waals surface area contributed by atoms with Gasteiger partial charge in [0.1, 0.15) is 0 Å². The molecule has 1 saturated heterocycles. The molecule has 1 aromatic carbocycles. The van der Waals surface area contributed by atoms with Gasteiger partial charge in [-0.05, 0) is 59.3 Å². The quantitative estimate of drug-likeness (QED) is 0.767. The van der Waals surface area contributed by atoms with Crippen molar-refractivity contribution in [3.8, 4) is 11.5 Å². The van der Waals surface area contributed by atoms with Crippen molar-refractivity contribution in [2.45, 2.75) is 44.2 Å². The minimum atomic E-state index is -0.384. The Hall–Kier alpha value is -2.54. The second-order valence-corrected chi connectivity index (χ2v) is 7.88. The van der Waals surface area contributed by atoms with Crippen LogP contribution < -0.4 is 20.1 Å². The summed E-state index contributed by atoms with van der Waals surface area (Å²) in [5.74, 6) is 1.54. The number of hydrogen-bond donors (Lipinski definition) is 2. The van der Waals surface area contributed by atoms with Crippen LogP contribution in [0, 0.1) is 0 Å². The summed E-state index contributed by atoms with van der Waals surface area (Å²) in [5, 5.41) is 10.1. The molecule has 2 amide bonds. The van der Waals surface area contributed by atoms with Gasteiger partial charge in [-0.25, -0.2) is 0 Å². The molecule has 0 radical (unpaired) electrons. The van der Waals surface area contributed by atoms with Crippen LogP contribution in [-0.4, -0.2) is 24.1 Å². The number of ether oxygens (including phenoxy) is 2. The Morgan fingerprint density at radius 1 is 1.22 bits per heavy atom. The normalized spacial score (nSPS) is 20.5. The molecule has 142 valence electrons. The van der Waals surface area contributed by atoms with Gasteiger partial charge in [0.15, 0.2) is 11.5 Å². The van der Waals surface area contributed by atoms with Crippen molar-refractivity contribution >= 4 is 23.2 Å². The molecule has 1 atom stereocenters. The molecule has 1 aromatic heterocycles. The molecule has 2 aliphatic rings. The first-order chi connectivity index (χ1) is 13.1. The lowest BCUT2D eigenvalue weighted by atomic mass is 9.85. The summed E-state index contributed by atoms with van der Waals surface area (Å²) in [6, 6.07) is 7.86. The highest BCUT2D eigenvalue weighted by Crippen LogP contribution is 2.35. The monoisotopic (exact) mass is 386 g/mol. The first-order valence-corrected chi connectivity index (χ1v) is 10.0. The summed E-state index contributed by atoms with van der Waals surface area (Å²) in [6.07, 6.45) is 2.91. The summed E-state index contributed by atoms with van der Waals surface area (Å²) in [6.45, 7) is 0.787. The van der Waals surface area contributed by atoms with Crippen LogP contribution in [0.15, 0.2) is 35.0 Å². The number of benzene rings is 1. The zero-order valence-corrected chi connectivity index (χ0v) is 15.8. The SMILES string of the molecule is O=C(CC[C@]1(Cc2ccc3c(c2)OCO3)CCC(=O)N1)NCc1ccsc1. The summed E-state index contributed by atoms with van der Waals surface area (Å²) in [4.78, 5) is 24.2. The Labute approximate surface area is 161 Å². The van der Waals surface area contributed by atoms with Crippen molar-refractivity contribution in [3.05, 3.63) is 46.2 Å². The van der Waals surface area contributed by atoms with E-state index < -0.39 is 0 Å². The van der Waals surface area contributed by atoms with Crippen molar-refractivity contribution in [2.24, 2.45) is 0 Å². The second-order valence-electron chi connectivity index (χ2n) is 7.10. The molecule has 6 nitrogen and oxygen atoms in total. The van der Waals surface area contributed by atoms with Crippen LogP contribution >= 0.6 is 11.3 Å². The Morgan fingerprint density at radius 2 is 2.11 bits per heavy atom. The van der Waals surface area contributed by atoms with Crippen LogP contribution in [0.1, 0.15) is 36.8 Å². The van der Waals surface area contributed by atoms with Gasteiger partial charge in [-0.1, -0.05) is 6.07 Å². The van der Waals surface area contributed by atoms with Gasteiger partial charge in [-0.3, -0.25) is 9.59 Å². The smallest absolute Gasteiger partial charge is 0.231 e. The van der Waals surface area contributed by atoms with Gasteiger partial charge in [0.05, 0.1) is 0 Å². The zero-order chi connectivity index (χ0) is 18.7. The second kappa shape index (κ2) is 7.60. The van der Waals surface area contributed by atoms with Crippen LogP contribution in [0.3, 0.4) is 0 Å². The third kappa shape index (κ3) is 4.24. The van der Waals surface area contributed by atoms with Gasteiger partial charge in [-0.15, -0.1) is 0 Å². The largest absolute Gasteiger partial charge is 0.454 e. The zero-order valence-electron chi connectivity index (χ0n) is 15.0. The van der Waals surface area contributed by atoms with E-state index in [4.69, 9.17) is 9.47 Å². The molecule has 0 saturated carbocycles. The molecule has 4 rings (SSSR count).